The first-order valence-electron chi connectivity index (χ1n) is 9.16. The number of aromatic nitrogens is 1. The molecule has 2 heterocycles. The molecule has 26 heavy (non-hydrogen) atoms. The zero-order valence-corrected chi connectivity index (χ0v) is 17.4. The first-order chi connectivity index (χ1) is 12.5. The molecule has 0 spiro atoms. The number of amides is 1. The number of hydrogen-bond acceptors (Lipinski definition) is 5. The molecule has 1 fully saturated rings. The first kappa shape index (κ1) is 19.4. The number of carbonyl (C=O) groups is 1. The second-order valence-corrected chi connectivity index (χ2v) is 9.38. The molecule has 1 N–H and O–H groups in total. The fourth-order valence-corrected chi connectivity index (χ4v) is 4.99. The summed E-state index contributed by atoms with van der Waals surface area (Å²) in [5, 5.41) is 5.89. The molecule has 1 saturated heterocycles. The highest BCUT2D eigenvalue weighted by molar-refractivity contribution is 7.99. The molecule has 2 aromatic rings. The van der Waals surface area contributed by atoms with Gasteiger partial charge in [-0.15, -0.1) is 11.3 Å². The molecule has 0 unspecified atom stereocenters. The number of nitrogens with zero attached hydrogens (tertiary/aromatic N) is 2. The lowest BCUT2D eigenvalue weighted by Crippen LogP contribution is -2.31. The van der Waals surface area contributed by atoms with Crippen LogP contribution in [0.15, 0.2) is 23.6 Å². The van der Waals surface area contributed by atoms with Crippen LogP contribution in [0.25, 0.3) is 0 Å². The molecule has 1 aromatic carbocycles. The van der Waals surface area contributed by atoms with E-state index in [9.17, 15) is 4.79 Å². The number of thiazole rings is 1. The number of hydrogen-bond donors (Lipinski definition) is 1. The Hall–Kier alpha value is -1.37. The standard InChI is InChI=1S/C20H27N3OS2/c1-14(2)10-19-21-18(13-26-19)20(24)22-17-5-4-16(11-15(17)3)12-23-6-8-25-9-7-23/h4-5,11,13-14H,6-10,12H2,1-3H3,(H,22,24). The Labute approximate surface area is 164 Å². The summed E-state index contributed by atoms with van der Waals surface area (Å²) >= 11 is 3.59. The number of thioether (sulfide) groups is 1. The fraction of sp³-hybridized carbons (Fsp3) is 0.500. The van der Waals surface area contributed by atoms with Gasteiger partial charge in [0, 0.05) is 48.6 Å². The highest BCUT2D eigenvalue weighted by Crippen LogP contribution is 2.21. The minimum absolute atomic E-state index is 0.125. The summed E-state index contributed by atoms with van der Waals surface area (Å²) in [6.45, 7) is 9.68. The molecule has 0 saturated carbocycles. The summed E-state index contributed by atoms with van der Waals surface area (Å²) in [6.07, 6.45) is 0.917. The quantitative estimate of drug-likeness (QED) is 0.793. The number of nitrogens with one attached hydrogen (secondary N) is 1. The van der Waals surface area contributed by atoms with Gasteiger partial charge in [0.2, 0.25) is 0 Å². The molecular weight excluding hydrogens is 362 g/mol. The van der Waals surface area contributed by atoms with Crippen LogP contribution in [0.5, 0.6) is 0 Å². The van der Waals surface area contributed by atoms with Crippen molar-refractivity contribution < 1.29 is 4.79 Å². The predicted molar refractivity (Wildman–Crippen MR) is 112 cm³/mol. The van der Waals surface area contributed by atoms with E-state index in [4.69, 9.17) is 0 Å². The third-order valence-corrected chi connectivity index (χ3v) is 6.23. The van der Waals surface area contributed by atoms with Gasteiger partial charge in [0.15, 0.2) is 0 Å². The average Bonchev–Trinajstić information content (AvgIpc) is 3.06. The van der Waals surface area contributed by atoms with Crippen LogP contribution in [-0.2, 0) is 13.0 Å². The number of benzene rings is 1. The Balaban J connectivity index is 1.62. The Morgan fingerprint density at radius 2 is 2.08 bits per heavy atom. The molecule has 140 valence electrons. The Morgan fingerprint density at radius 3 is 2.77 bits per heavy atom. The summed E-state index contributed by atoms with van der Waals surface area (Å²) in [4.78, 5) is 19.5. The van der Waals surface area contributed by atoms with E-state index in [1.807, 2.05) is 23.2 Å². The Bertz CT molecular complexity index is 751. The van der Waals surface area contributed by atoms with Crippen LogP contribution in [0, 0.1) is 12.8 Å². The number of rotatable bonds is 6. The smallest absolute Gasteiger partial charge is 0.275 e. The molecule has 0 aliphatic carbocycles. The van der Waals surface area contributed by atoms with Crippen LogP contribution in [0.1, 0.15) is 40.5 Å². The van der Waals surface area contributed by atoms with Crippen LogP contribution >= 0.6 is 23.1 Å². The maximum Gasteiger partial charge on any atom is 0.275 e. The SMILES string of the molecule is Cc1cc(CN2CCSCC2)ccc1NC(=O)c1csc(CC(C)C)n1. The van der Waals surface area contributed by atoms with E-state index < -0.39 is 0 Å². The van der Waals surface area contributed by atoms with E-state index in [1.54, 1.807) is 11.3 Å². The van der Waals surface area contributed by atoms with Gasteiger partial charge in [0.05, 0.1) is 5.01 Å². The Morgan fingerprint density at radius 1 is 1.31 bits per heavy atom. The van der Waals surface area contributed by atoms with E-state index in [-0.39, 0.29) is 5.91 Å². The lowest BCUT2D eigenvalue weighted by atomic mass is 10.1. The largest absolute Gasteiger partial charge is 0.320 e. The zero-order chi connectivity index (χ0) is 18.5. The molecule has 0 radical (unpaired) electrons. The molecule has 0 bridgehead atoms. The van der Waals surface area contributed by atoms with Gasteiger partial charge in [0.25, 0.3) is 5.91 Å². The fourth-order valence-electron chi connectivity index (χ4n) is 3.03. The third-order valence-electron chi connectivity index (χ3n) is 4.42. The Kier molecular flexibility index (Phi) is 6.73. The molecule has 1 aliphatic rings. The molecule has 3 rings (SSSR count). The van der Waals surface area contributed by atoms with Crippen molar-refractivity contribution in [2.24, 2.45) is 5.92 Å². The third kappa shape index (κ3) is 5.32. The number of anilines is 1. The first-order valence-corrected chi connectivity index (χ1v) is 11.2. The van der Waals surface area contributed by atoms with Gasteiger partial charge in [0.1, 0.15) is 5.69 Å². The van der Waals surface area contributed by atoms with Crippen LogP contribution in [-0.4, -0.2) is 40.4 Å². The molecule has 1 amide bonds. The maximum atomic E-state index is 12.5. The second kappa shape index (κ2) is 9.02. The van der Waals surface area contributed by atoms with Gasteiger partial charge in [-0.1, -0.05) is 26.0 Å². The van der Waals surface area contributed by atoms with Crippen molar-refractivity contribution in [1.29, 1.82) is 0 Å². The lowest BCUT2D eigenvalue weighted by molar-refractivity contribution is 0.102. The zero-order valence-electron chi connectivity index (χ0n) is 15.7. The van der Waals surface area contributed by atoms with Crippen LogP contribution < -0.4 is 5.32 Å². The van der Waals surface area contributed by atoms with Crippen molar-refractivity contribution >= 4 is 34.7 Å². The maximum absolute atomic E-state index is 12.5. The van der Waals surface area contributed by atoms with Crippen LogP contribution in [0.2, 0.25) is 0 Å². The van der Waals surface area contributed by atoms with E-state index in [2.05, 4.69) is 48.1 Å². The lowest BCUT2D eigenvalue weighted by Gasteiger charge is -2.26. The average molecular weight is 390 g/mol. The topological polar surface area (TPSA) is 45.2 Å². The summed E-state index contributed by atoms with van der Waals surface area (Å²) in [6, 6.07) is 6.32. The van der Waals surface area contributed by atoms with Crippen LogP contribution in [0.3, 0.4) is 0 Å². The number of carbonyl (C=O) groups excluding carboxylic acids is 1. The summed E-state index contributed by atoms with van der Waals surface area (Å²) in [7, 11) is 0. The van der Waals surface area contributed by atoms with Crippen molar-refractivity contribution in [3.63, 3.8) is 0 Å². The summed E-state index contributed by atoms with van der Waals surface area (Å²) in [5.74, 6) is 2.87. The minimum atomic E-state index is -0.125. The van der Waals surface area contributed by atoms with Crippen LogP contribution in [0.4, 0.5) is 5.69 Å². The highest BCUT2D eigenvalue weighted by atomic mass is 32.2. The summed E-state index contributed by atoms with van der Waals surface area (Å²) in [5.41, 5.74) is 3.78. The van der Waals surface area contributed by atoms with E-state index in [1.165, 1.54) is 17.1 Å². The van der Waals surface area contributed by atoms with E-state index >= 15 is 0 Å². The highest BCUT2D eigenvalue weighted by Gasteiger charge is 2.14. The molecule has 4 nitrogen and oxygen atoms in total. The molecule has 1 aromatic heterocycles. The molecule has 0 atom stereocenters. The van der Waals surface area contributed by atoms with E-state index in [0.717, 1.165) is 42.3 Å². The second-order valence-electron chi connectivity index (χ2n) is 7.22. The minimum Gasteiger partial charge on any atom is -0.320 e. The normalized spacial score (nSPS) is 15.4. The van der Waals surface area contributed by atoms with Crippen molar-refractivity contribution in [3.05, 3.63) is 45.4 Å². The van der Waals surface area contributed by atoms with Gasteiger partial charge in [-0.2, -0.15) is 11.8 Å². The van der Waals surface area contributed by atoms with Gasteiger partial charge in [-0.05, 0) is 30.0 Å². The molecular formula is C20H27N3OS2. The molecule has 1 aliphatic heterocycles. The van der Waals surface area contributed by atoms with Crippen molar-refractivity contribution in [2.75, 3.05) is 29.9 Å². The van der Waals surface area contributed by atoms with Gasteiger partial charge in [-0.3, -0.25) is 9.69 Å². The predicted octanol–water partition coefficient (Wildman–Crippen LogP) is 4.45. The van der Waals surface area contributed by atoms with Gasteiger partial charge < -0.3 is 5.32 Å². The number of aryl methyl sites for hydroxylation is 1. The van der Waals surface area contributed by atoms with Crippen molar-refractivity contribution in [1.82, 2.24) is 9.88 Å². The molecule has 6 heteroatoms. The summed E-state index contributed by atoms with van der Waals surface area (Å²) < 4.78 is 0. The van der Waals surface area contributed by atoms with Crippen molar-refractivity contribution in [2.45, 2.75) is 33.7 Å². The van der Waals surface area contributed by atoms with Crippen molar-refractivity contribution in [3.8, 4) is 0 Å². The monoisotopic (exact) mass is 389 g/mol. The van der Waals surface area contributed by atoms with Gasteiger partial charge >= 0.3 is 0 Å². The van der Waals surface area contributed by atoms with E-state index in [0.29, 0.717) is 11.6 Å². The van der Waals surface area contributed by atoms with Gasteiger partial charge in [-0.25, -0.2) is 4.98 Å².